The molecule has 0 heterocycles. The predicted octanol–water partition coefficient (Wildman–Crippen LogP) is 2.82. The lowest BCUT2D eigenvalue weighted by Crippen LogP contribution is -2.16. The first kappa shape index (κ1) is 14.6. The van der Waals surface area contributed by atoms with E-state index in [0.29, 0.717) is 6.54 Å². The Balaban J connectivity index is 2.16. The second kappa shape index (κ2) is 6.13. The van der Waals surface area contributed by atoms with E-state index in [0.717, 1.165) is 17.0 Å². The fourth-order valence-corrected chi connectivity index (χ4v) is 2.05. The molecule has 0 unspecified atom stereocenters. The molecule has 2 rings (SSSR count). The highest BCUT2D eigenvalue weighted by atomic mass is 16.6. The molecule has 0 saturated carbocycles. The molecule has 0 aliphatic rings. The van der Waals surface area contributed by atoms with Crippen molar-refractivity contribution >= 4 is 17.1 Å². The van der Waals surface area contributed by atoms with Gasteiger partial charge in [-0.25, -0.2) is 0 Å². The Labute approximate surface area is 122 Å². The normalized spacial score (nSPS) is 10.2. The zero-order valence-corrected chi connectivity index (χ0v) is 11.9. The van der Waals surface area contributed by atoms with Crippen molar-refractivity contribution in [1.29, 1.82) is 0 Å². The molecule has 0 aliphatic carbocycles. The van der Waals surface area contributed by atoms with Crippen LogP contribution in [0.4, 0.5) is 17.1 Å². The Morgan fingerprint density at radius 2 is 1.90 bits per heavy atom. The molecule has 0 aromatic heterocycles. The average Bonchev–Trinajstić information content (AvgIpc) is 2.49. The number of nitro benzene ring substituents is 1. The van der Waals surface area contributed by atoms with Crippen LogP contribution >= 0.6 is 0 Å². The minimum atomic E-state index is -0.466. The lowest BCUT2D eigenvalue weighted by molar-refractivity contribution is -0.384. The molecule has 21 heavy (non-hydrogen) atoms. The highest BCUT2D eigenvalue weighted by molar-refractivity contribution is 5.59. The van der Waals surface area contributed by atoms with Crippen LogP contribution < -0.4 is 15.4 Å². The van der Waals surface area contributed by atoms with Gasteiger partial charge in [-0.2, -0.15) is 0 Å². The Bertz CT molecular complexity index is 641. The van der Waals surface area contributed by atoms with Crippen molar-refractivity contribution in [1.82, 2.24) is 0 Å². The second-order valence-corrected chi connectivity index (χ2v) is 4.70. The van der Waals surface area contributed by atoms with Crippen LogP contribution in [0.2, 0.25) is 0 Å². The molecule has 110 valence electrons. The third kappa shape index (κ3) is 3.42. The predicted molar refractivity (Wildman–Crippen MR) is 82.6 cm³/mol. The number of hydrogen-bond acceptors (Lipinski definition) is 5. The largest absolute Gasteiger partial charge is 0.497 e. The first-order valence-corrected chi connectivity index (χ1v) is 6.39. The van der Waals surface area contributed by atoms with Crippen LogP contribution in [0.5, 0.6) is 5.75 Å². The fraction of sp³-hybridized carbons (Fsp3) is 0.200. The Morgan fingerprint density at radius 3 is 2.48 bits per heavy atom. The van der Waals surface area contributed by atoms with Gasteiger partial charge in [0.25, 0.3) is 5.69 Å². The molecule has 6 heteroatoms. The van der Waals surface area contributed by atoms with Crippen molar-refractivity contribution in [2.45, 2.75) is 6.54 Å². The van der Waals surface area contributed by atoms with Crippen LogP contribution in [0, 0.1) is 10.1 Å². The maximum Gasteiger partial charge on any atom is 0.292 e. The SMILES string of the molecule is COc1ccc(N(C)Cc2ccc(N)c([N+](=O)[O-])c2)cc1. The van der Waals surface area contributed by atoms with Crippen molar-refractivity contribution in [3.63, 3.8) is 0 Å². The number of nitrogens with zero attached hydrogens (tertiary/aromatic N) is 2. The molecule has 0 radical (unpaired) electrons. The molecule has 0 atom stereocenters. The van der Waals surface area contributed by atoms with Gasteiger partial charge in [-0.15, -0.1) is 0 Å². The van der Waals surface area contributed by atoms with Gasteiger partial charge in [0.1, 0.15) is 11.4 Å². The Kier molecular flexibility index (Phi) is 4.27. The van der Waals surface area contributed by atoms with Gasteiger partial charge in [-0.05, 0) is 35.9 Å². The number of methoxy groups -OCH3 is 1. The highest BCUT2D eigenvalue weighted by Gasteiger charge is 2.12. The van der Waals surface area contributed by atoms with E-state index in [1.54, 1.807) is 19.2 Å². The summed E-state index contributed by atoms with van der Waals surface area (Å²) in [6, 6.07) is 12.5. The summed E-state index contributed by atoms with van der Waals surface area (Å²) in [6.45, 7) is 0.549. The zero-order valence-electron chi connectivity index (χ0n) is 11.9. The van der Waals surface area contributed by atoms with E-state index in [2.05, 4.69) is 0 Å². The van der Waals surface area contributed by atoms with Gasteiger partial charge in [0.2, 0.25) is 0 Å². The van der Waals surface area contributed by atoms with E-state index < -0.39 is 4.92 Å². The summed E-state index contributed by atoms with van der Waals surface area (Å²) in [5, 5.41) is 10.9. The van der Waals surface area contributed by atoms with Crippen molar-refractivity contribution in [3.8, 4) is 5.75 Å². The zero-order chi connectivity index (χ0) is 15.4. The minimum absolute atomic E-state index is 0.0596. The van der Waals surface area contributed by atoms with Crippen LogP contribution in [-0.2, 0) is 6.54 Å². The van der Waals surface area contributed by atoms with Crippen LogP contribution in [-0.4, -0.2) is 19.1 Å². The molecular weight excluding hydrogens is 270 g/mol. The van der Waals surface area contributed by atoms with Crippen LogP contribution in [0.25, 0.3) is 0 Å². The van der Waals surface area contributed by atoms with Crippen LogP contribution in [0.1, 0.15) is 5.56 Å². The summed E-state index contributed by atoms with van der Waals surface area (Å²) in [7, 11) is 3.54. The monoisotopic (exact) mass is 287 g/mol. The molecular formula is C15H17N3O3. The van der Waals surface area contributed by atoms with Crippen LogP contribution in [0.3, 0.4) is 0 Å². The first-order valence-electron chi connectivity index (χ1n) is 6.39. The van der Waals surface area contributed by atoms with Gasteiger partial charge < -0.3 is 15.4 Å². The maximum atomic E-state index is 10.9. The average molecular weight is 287 g/mol. The topological polar surface area (TPSA) is 81.6 Å². The number of benzene rings is 2. The van der Waals surface area contributed by atoms with Gasteiger partial charge >= 0.3 is 0 Å². The van der Waals surface area contributed by atoms with Crippen molar-refractivity contribution < 1.29 is 9.66 Å². The van der Waals surface area contributed by atoms with E-state index in [1.807, 2.05) is 36.2 Å². The summed E-state index contributed by atoms with van der Waals surface area (Å²) in [4.78, 5) is 12.4. The van der Waals surface area contributed by atoms with Gasteiger partial charge in [0.05, 0.1) is 12.0 Å². The van der Waals surface area contributed by atoms with Gasteiger partial charge in [-0.3, -0.25) is 10.1 Å². The summed E-state index contributed by atoms with van der Waals surface area (Å²) in [5.41, 5.74) is 7.54. The van der Waals surface area contributed by atoms with Gasteiger partial charge in [0.15, 0.2) is 0 Å². The summed E-state index contributed by atoms with van der Waals surface area (Å²) >= 11 is 0. The summed E-state index contributed by atoms with van der Waals surface area (Å²) in [5.74, 6) is 0.787. The summed E-state index contributed by atoms with van der Waals surface area (Å²) in [6.07, 6.45) is 0. The van der Waals surface area contributed by atoms with Crippen molar-refractivity contribution in [3.05, 3.63) is 58.1 Å². The lowest BCUT2D eigenvalue weighted by Gasteiger charge is -2.19. The standard InChI is InChI=1S/C15H17N3O3/c1-17(12-4-6-13(21-2)7-5-12)10-11-3-8-14(16)15(9-11)18(19)20/h3-9H,10,16H2,1-2H3. The molecule has 2 aromatic rings. The summed E-state index contributed by atoms with van der Waals surface area (Å²) < 4.78 is 5.12. The number of ether oxygens (including phenoxy) is 1. The highest BCUT2D eigenvalue weighted by Crippen LogP contribution is 2.25. The smallest absolute Gasteiger partial charge is 0.292 e. The molecule has 2 aromatic carbocycles. The molecule has 0 fully saturated rings. The lowest BCUT2D eigenvalue weighted by atomic mass is 10.1. The van der Waals surface area contributed by atoms with Crippen molar-refractivity contribution in [2.24, 2.45) is 0 Å². The molecule has 0 aliphatic heterocycles. The van der Waals surface area contributed by atoms with E-state index in [9.17, 15) is 10.1 Å². The molecule has 0 spiro atoms. The Hall–Kier alpha value is -2.76. The van der Waals surface area contributed by atoms with Gasteiger partial charge in [0, 0.05) is 25.3 Å². The second-order valence-electron chi connectivity index (χ2n) is 4.70. The third-order valence-electron chi connectivity index (χ3n) is 3.22. The first-order chi connectivity index (χ1) is 10.0. The van der Waals surface area contributed by atoms with E-state index in [1.165, 1.54) is 6.07 Å². The third-order valence-corrected chi connectivity index (χ3v) is 3.22. The van der Waals surface area contributed by atoms with Crippen LogP contribution in [0.15, 0.2) is 42.5 Å². The van der Waals surface area contributed by atoms with E-state index in [-0.39, 0.29) is 11.4 Å². The molecule has 0 amide bonds. The van der Waals surface area contributed by atoms with E-state index >= 15 is 0 Å². The molecule has 0 bridgehead atoms. The van der Waals surface area contributed by atoms with E-state index in [4.69, 9.17) is 10.5 Å². The fourth-order valence-electron chi connectivity index (χ4n) is 2.05. The number of nitro groups is 1. The number of rotatable bonds is 5. The maximum absolute atomic E-state index is 10.9. The Morgan fingerprint density at radius 1 is 1.24 bits per heavy atom. The molecule has 2 N–H and O–H groups in total. The van der Waals surface area contributed by atoms with Crippen molar-refractivity contribution in [2.75, 3.05) is 24.8 Å². The molecule has 0 saturated heterocycles. The number of hydrogen-bond donors (Lipinski definition) is 1. The number of nitrogen functional groups attached to an aromatic ring is 1. The van der Waals surface area contributed by atoms with Gasteiger partial charge in [-0.1, -0.05) is 6.07 Å². The quantitative estimate of drug-likeness (QED) is 0.519. The number of nitrogens with two attached hydrogens (primary N) is 1. The molecule has 6 nitrogen and oxygen atoms in total. The number of anilines is 2. The minimum Gasteiger partial charge on any atom is -0.497 e.